The Morgan fingerprint density at radius 1 is 0.560 bits per heavy atom. The van der Waals surface area contributed by atoms with Crippen molar-refractivity contribution in [2.45, 2.75) is 4.90 Å². The third-order valence-corrected chi connectivity index (χ3v) is 6.04. The van der Waals surface area contributed by atoms with Gasteiger partial charge in [0.25, 0.3) is 0 Å². The van der Waals surface area contributed by atoms with Crippen molar-refractivity contribution >= 4 is 22.5 Å². The van der Waals surface area contributed by atoms with Crippen LogP contribution in [0, 0.1) is 0 Å². The van der Waals surface area contributed by atoms with Gasteiger partial charge in [-0.05, 0) is 12.1 Å². The third-order valence-electron chi connectivity index (χ3n) is 3.88. The molecule has 0 aromatic heterocycles. The van der Waals surface area contributed by atoms with E-state index in [4.69, 9.17) is 0 Å². The molecular formula is C22H19O2S+. The van der Waals surface area contributed by atoms with Gasteiger partial charge in [0.1, 0.15) is 0 Å². The van der Waals surface area contributed by atoms with Gasteiger partial charge in [0.05, 0.1) is 0 Å². The molecule has 0 unspecified atom stereocenters. The van der Waals surface area contributed by atoms with Gasteiger partial charge in [-0.25, -0.2) is 0 Å². The van der Waals surface area contributed by atoms with E-state index in [0.29, 0.717) is 22.6 Å². The summed E-state index contributed by atoms with van der Waals surface area (Å²) in [5, 5.41) is 0. The van der Waals surface area contributed by atoms with E-state index in [1.807, 2.05) is 91.0 Å². The molecule has 3 rings (SSSR count). The molecule has 0 saturated heterocycles. The first-order valence-corrected chi connectivity index (χ1v) is 9.69. The standard InChI is InChI=1S/C22H19O2S/c23-21(18-10-4-1-5-11-18)16-25(20-14-8-3-9-15-20)17-22(24)19-12-6-2-7-13-19/h1-15H,16-17H2/q+1. The average molecular weight is 347 g/mol. The second-order valence-electron chi connectivity index (χ2n) is 5.67. The topological polar surface area (TPSA) is 34.1 Å². The zero-order valence-electron chi connectivity index (χ0n) is 13.8. The number of hydrogen-bond acceptors (Lipinski definition) is 2. The minimum Gasteiger partial charge on any atom is -0.289 e. The Morgan fingerprint density at radius 2 is 0.920 bits per heavy atom. The Bertz CT molecular complexity index is 776. The van der Waals surface area contributed by atoms with Crippen LogP contribution in [0.4, 0.5) is 0 Å². The van der Waals surface area contributed by atoms with E-state index in [0.717, 1.165) is 4.90 Å². The molecular weight excluding hydrogens is 328 g/mol. The van der Waals surface area contributed by atoms with Crippen molar-refractivity contribution in [3.8, 4) is 0 Å². The highest BCUT2D eigenvalue weighted by Gasteiger charge is 2.29. The maximum absolute atomic E-state index is 12.6. The Balaban J connectivity index is 1.81. The first-order chi connectivity index (χ1) is 12.2. The molecule has 0 spiro atoms. The summed E-state index contributed by atoms with van der Waals surface area (Å²) in [6.07, 6.45) is 0. The van der Waals surface area contributed by atoms with Gasteiger partial charge in [-0.2, -0.15) is 0 Å². The molecule has 0 aliphatic rings. The second kappa shape index (κ2) is 8.45. The van der Waals surface area contributed by atoms with Gasteiger partial charge in [-0.3, -0.25) is 9.59 Å². The van der Waals surface area contributed by atoms with Crippen LogP contribution in [0.25, 0.3) is 0 Å². The van der Waals surface area contributed by atoms with Gasteiger partial charge in [0.2, 0.25) is 11.6 Å². The fraction of sp³-hybridized carbons (Fsp3) is 0.0909. The summed E-state index contributed by atoms with van der Waals surface area (Å²) in [4.78, 5) is 26.3. The lowest BCUT2D eigenvalue weighted by Crippen LogP contribution is -2.24. The molecule has 25 heavy (non-hydrogen) atoms. The van der Waals surface area contributed by atoms with Gasteiger partial charge >= 0.3 is 0 Å². The van der Waals surface area contributed by atoms with Crippen LogP contribution in [0.3, 0.4) is 0 Å². The maximum atomic E-state index is 12.6. The lowest BCUT2D eigenvalue weighted by atomic mass is 10.1. The number of ketones is 2. The SMILES string of the molecule is O=C(C[S+](CC(=O)c1ccccc1)c1ccccc1)c1ccccc1. The van der Waals surface area contributed by atoms with Gasteiger partial charge in [0.15, 0.2) is 16.4 Å². The van der Waals surface area contributed by atoms with E-state index in [1.165, 1.54) is 0 Å². The minimum absolute atomic E-state index is 0.0775. The highest BCUT2D eigenvalue weighted by atomic mass is 32.2. The average Bonchev–Trinajstić information content (AvgIpc) is 2.69. The van der Waals surface area contributed by atoms with Crippen LogP contribution in [0.15, 0.2) is 95.9 Å². The lowest BCUT2D eigenvalue weighted by Gasteiger charge is -2.08. The zero-order chi connectivity index (χ0) is 17.5. The van der Waals surface area contributed by atoms with E-state index in [1.54, 1.807) is 0 Å². The summed E-state index contributed by atoms with van der Waals surface area (Å²) in [6.45, 7) is 0. The molecule has 0 bridgehead atoms. The Labute approximate surface area is 150 Å². The van der Waals surface area contributed by atoms with Crippen LogP contribution in [0.2, 0.25) is 0 Å². The number of benzene rings is 3. The number of carbonyl (C=O) groups is 2. The van der Waals surface area contributed by atoms with Gasteiger partial charge in [-0.1, -0.05) is 78.9 Å². The largest absolute Gasteiger partial charge is 0.289 e. The molecule has 0 radical (unpaired) electrons. The van der Waals surface area contributed by atoms with E-state index in [2.05, 4.69) is 0 Å². The van der Waals surface area contributed by atoms with Crippen LogP contribution in [0.5, 0.6) is 0 Å². The van der Waals surface area contributed by atoms with E-state index in [-0.39, 0.29) is 11.6 Å². The van der Waals surface area contributed by atoms with E-state index in [9.17, 15) is 9.59 Å². The molecule has 0 N–H and O–H groups in total. The lowest BCUT2D eigenvalue weighted by molar-refractivity contribution is 0.102. The van der Waals surface area contributed by atoms with Crippen molar-refractivity contribution in [3.63, 3.8) is 0 Å². The Kier molecular flexibility index (Phi) is 5.81. The molecule has 0 atom stereocenters. The summed E-state index contributed by atoms with van der Waals surface area (Å²) in [5.41, 5.74) is 1.39. The van der Waals surface area contributed by atoms with Crippen LogP contribution >= 0.6 is 0 Å². The first kappa shape index (κ1) is 17.2. The fourth-order valence-corrected chi connectivity index (χ4v) is 4.51. The van der Waals surface area contributed by atoms with Crippen molar-refractivity contribution < 1.29 is 9.59 Å². The molecule has 0 fully saturated rings. The highest BCUT2D eigenvalue weighted by molar-refractivity contribution is 7.98. The van der Waals surface area contributed by atoms with Crippen molar-refractivity contribution in [3.05, 3.63) is 102 Å². The molecule has 3 aromatic rings. The number of carbonyl (C=O) groups excluding carboxylic acids is 2. The third kappa shape index (κ3) is 4.68. The second-order valence-corrected chi connectivity index (χ2v) is 7.71. The molecule has 0 aliphatic heterocycles. The fourth-order valence-electron chi connectivity index (χ4n) is 2.56. The van der Waals surface area contributed by atoms with Crippen LogP contribution in [-0.2, 0) is 10.9 Å². The van der Waals surface area contributed by atoms with E-state index < -0.39 is 10.9 Å². The van der Waals surface area contributed by atoms with Gasteiger partial charge in [0, 0.05) is 22.0 Å². The molecule has 0 amide bonds. The molecule has 0 saturated carbocycles. The van der Waals surface area contributed by atoms with Crippen molar-refractivity contribution in [2.75, 3.05) is 11.5 Å². The van der Waals surface area contributed by atoms with Crippen molar-refractivity contribution in [1.29, 1.82) is 0 Å². The number of hydrogen-bond donors (Lipinski definition) is 0. The van der Waals surface area contributed by atoms with Crippen molar-refractivity contribution in [2.24, 2.45) is 0 Å². The number of Topliss-reactive ketones (excluding diaryl/α,β-unsaturated/α-hetero) is 2. The van der Waals surface area contributed by atoms with Crippen LogP contribution < -0.4 is 0 Å². The van der Waals surface area contributed by atoms with Crippen LogP contribution in [-0.4, -0.2) is 23.1 Å². The summed E-state index contributed by atoms with van der Waals surface area (Å²) in [6, 6.07) is 28.4. The smallest absolute Gasteiger partial charge is 0.212 e. The summed E-state index contributed by atoms with van der Waals surface area (Å²) in [5.74, 6) is 0.862. The molecule has 3 heteroatoms. The number of rotatable bonds is 7. The Hall–Kier alpha value is -2.65. The molecule has 3 aromatic carbocycles. The first-order valence-electron chi connectivity index (χ1n) is 8.13. The quantitative estimate of drug-likeness (QED) is 0.468. The predicted molar refractivity (Wildman–Crippen MR) is 103 cm³/mol. The maximum Gasteiger partial charge on any atom is 0.212 e. The molecule has 0 aliphatic carbocycles. The summed E-state index contributed by atoms with van der Waals surface area (Å²) < 4.78 is 0. The van der Waals surface area contributed by atoms with Gasteiger partial charge < -0.3 is 0 Å². The zero-order valence-corrected chi connectivity index (χ0v) is 14.6. The van der Waals surface area contributed by atoms with Gasteiger partial charge in [-0.15, -0.1) is 0 Å². The molecule has 124 valence electrons. The summed E-state index contributed by atoms with van der Waals surface area (Å²) >= 11 is 0. The summed E-state index contributed by atoms with van der Waals surface area (Å²) in [7, 11) is -0.448. The minimum atomic E-state index is -0.448. The predicted octanol–water partition coefficient (Wildman–Crippen LogP) is 4.43. The van der Waals surface area contributed by atoms with E-state index >= 15 is 0 Å². The van der Waals surface area contributed by atoms with Crippen molar-refractivity contribution in [1.82, 2.24) is 0 Å². The monoisotopic (exact) mass is 347 g/mol. The molecule has 0 heterocycles. The highest BCUT2D eigenvalue weighted by Crippen LogP contribution is 2.18. The van der Waals surface area contributed by atoms with Crippen LogP contribution in [0.1, 0.15) is 20.7 Å². The normalized spacial score (nSPS) is 10.6. The Morgan fingerprint density at radius 3 is 1.32 bits per heavy atom. The molecule has 2 nitrogen and oxygen atoms in total.